The lowest BCUT2D eigenvalue weighted by atomic mass is 9.71. The van der Waals surface area contributed by atoms with Gasteiger partial charge in [-0.3, -0.25) is 4.90 Å². The van der Waals surface area contributed by atoms with E-state index in [-0.39, 0.29) is 0 Å². The molecule has 0 aromatic heterocycles. The third kappa shape index (κ3) is 2.37. The summed E-state index contributed by atoms with van der Waals surface area (Å²) in [4.78, 5) is 2.71. The molecule has 102 valence electrons. The Bertz CT molecular complexity index is 304. The Morgan fingerprint density at radius 3 is 2.72 bits per heavy atom. The second-order valence-electron chi connectivity index (χ2n) is 6.81. The van der Waals surface area contributed by atoms with E-state index in [2.05, 4.69) is 36.2 Å². The topological polar surface area (TPSA) is 15.3 Å². The summed E-state index contributed by atoms with van der Waals surface area (Å²) in [5.41, 5.74) is 0. The first kappa shape index (κ1) is 12.7. The molecule has 0 aromatic carbocycles. The number of hydrogen-bond acceptors (Lipinski definition) is 2. The fourth-order valence-corrected chi connectivity index (χ4v) is 4.08. The lowest BCUT2D eigenvalue weighted by Gasteiger charge is -2.42. The van der Waals surface area contributed by atoms with Gasteiger partial charge in [-0.15, -0.1) is 0 Å². The highest BCUT2D eigenvalue weighted by Gasteiger charge is 2.41. The molecular formula is C16H28N2. The molecule has 2 nitrogen and oxygen atoms in total. The molecule has 0 bridgehead atoms. The maximum atomic E-state index is 3.86. The SMILES string of the molecule is CC(C)C(CNC1CC2CC=CC21)N1CCCC1. The first-order valence-corrected chi connectivity index (χ1v) is 7.90. The molecule has 0 radical (unpaired) electrons. The molecule has 1 N–H and O–H groups in total. The summed E-state index contributed by atoms with van der Waals surface area (Å²) < 4.78 is 0. The van der Waals surface area contributed by atoms with Gasteiger partial charge in [-0.25, -0.2) is 0 Å². The van der Waals surface area contributed by atoms with Crippen LogP contribution in [0.2, 0.25) is 0 Å². The van der Waals surface area contributed by atoms with Gasteiger partial charge in [-0.2, -0.15) is 0 Å². The van der Waals surface area contributed by atoms with E-state index in [9.17, 15) is 0 Å². The van der Waals surface area contributed by atoms with E-state index in [4.69, 9.17) is 0 Å². The molecule has 4 unspecified atom stereocenters. The Balaban J connectivity index is 1.49. The smallest absolute Gasteiger partial charge is 0.0243 e. The second kappa shape index (κ2) is 5.34. The molecule has 0 spiro atoms. The first-order valence-electron chi connectivity index (χ1n) is 7.90. The van der Waals surface area contributed by atoms with Crippen LogP contribution in [0.3, 0.4) is 0 Å². The minimum atomic E-state index is 0.747. The number of allylic oxidation sites excluding steroid dienone is 1. The van der Waals surface area contributed by atoms with Crippen molar-refractivity contribution in [1.82, 2.24) is 10.2 Å². The Kier molecular flexibility index (Phi) is 3.76. The predicted molar refractivity (Wildman–Crippen MR) is 76.6 cm³/mol. The molecule has 3 rings (SSSR count). The lowest BCUT2D eigenvalue weighted by Crippen LogP contribution is -2.53. The van der Waals surface area contributed by atoms with Gasteiger partial charge in [0.1, 0.15) is 0 Å². The average molecular weight is 248 g/mol. The summed E-state index contributed by atoms with van der Waals surface area (Å²) in [5.74, 6) is 2.61. The Morgan fingerprint density at radius 2 is 2.06 bits per heavy atom. The third-order valence-corrected chi connectivity index (χ3v) is 5.33. The highest BCUT2D eigenvalue weighted by atomic mass is 15.2. The maximum absolute atomic E-state index is 3.86. The van der Waals surface area contributed by atoms with Crippen molar-refractivity contribution in [3.05, 3.63) is 12.2 Å². The van der Waals surface area contributed by atoms with Crippen LogP contribution in [0.4, 0.5) is 0 Å². The molecule has 18 heavy (non-hydrogen) atoms. The zero-order chi connectivity index (χ0) is 12.5. The highest BCUT2D eigenvalue weighted by molar-refractivity contribution is 5.13. The molecular weight excluding hydrogens is 220 g/mol. The minimum absolute atomic E-state index is 0.747. The summed E-state index contributed by atoms with van der Waals surface area (Å²) >= 11 is 0. The molecule has 1 aliphatic heterocycles. The van der Waals surface area contributed by atoms with Crippen LogP contribution in [0, 0.1) is 17.8 Å². The van der Waals surface area contributed by atoms with Crippen molar-refractivity contribution in [3.63, 3.8) is 0 Å². The van der Waals surface area contributed by atoms with Crippen molar-refractivity contribution < 1.29 is 0 Å². The van der Waals surface area contributed by atoms with E-state index < -0.39 is 0 Å². The minimum Gasteiger partial charge on any atom is -0.312 e. The molecule has 2 fully saturated rings. The van der Waals surface area contributed by atoms with Gasteiger partial charge in [0.05, 0.1) is 0 Å². The predicted octanol–water partition coefficient (Wildman–Crippen LogP) is 2.66. The van der Waals surface area contributed by atoms with Crippen LogP contribution in [0.25, 0.3) is 0 Å². The Labute approximate surface area is 112 Å². The Hall–Kier alpha value is -0.340. The van der Waals surface area contributed by atoms with Crippen LogP contribution >= 0.6 is 0 Å². The van der Waals surface area contributed by atoms with E-state index in [1.807, 2.05) is 0 Å². The number of likely N-dealkylation sites (tertiary alicyclic amines) is 1. The molecule has 1 saturated carbocycles. The Morgan fingerprint density at radius 1 is 1.28 bits per heavy atom. The molecule has 1 saturated heterocycles. The molecule has 0 aromatic rings. The molecule has 1 heterocycles. The van der Waals surface area contributed by atoms with E-state index in [0.717, 1.165) is 29.8 Å². The van der Waals surface area contributed by atoms with Gasteiger partial charge in [0.25, 0.3) is 0 Å². The molecule has 2 heteroatoms. The highest BCUT2D eigenvalue weighted by Crippen LogP contribution is 2.42. The molecule has 4 atom stereocenters. The van der Waals surface area contributed by atoms with Crippen molar-refractivity contribution >= 4 is 0 Å². The first-order chi connectivity index (χ1) is 8.75. The number of nitrogens with zero attached hydrogens (tertiary/aromatic N) is 1. The zero-order valence-corrected chi connectivity index (χ0v) is 11.9. The van der Waals surface area contributed by atoms with Gasteiger partial charge >= 0.3 is 0 Å². The van der Waals surface area contributed by atoms with Crippen LogP contribution in [-0.2, 0) is 0 Å². The van der Waals surface area contributed by atoms with Gasteiger partial charge in [0.15, 0.2) is 0 Å². The van der Waals surface area contributed by atoms with Crippen LogP contribution in [0.15, 0.2) is 12.2 Å². The van der Waals surface area contributed by atoms with Crippen molar-refractivity contribution in [2.75, 3.05) is 19.6 Å². The maximum Gasteiger partial charge on any atom is 0.0243 e. The van der Waals surface area contributed by atoms with Crippen LogP contribution < -0.4 is 5.32 Å². The fraction of sp³-hybridized carbons (Fsp3) is 0.875. The summed E-state index contributed by atoms with van der Waals surface area (Å²) in [6, 6.07) is 1.52. The van der Waals surface area contributed by atoms with Gasteiger partial charge in [0.2, 0.25) is 0 Å². The van der Waals surface area contributed by atoms with E-state index >= 15 is 0 Å². The van der Waals surface area contributed by atoms with Gasteiger partial charge in [0, 0.05) is 18.6 Å². The van der Waals surface area contributed by atoms with Crippen molar-refractivity contribution in [2.24, 2.45) is 17.8 Å². The van der Waals surface area contributed by atoms with Crippen LogP contribution in [-0.4, -0.2) is 36.6 Å². The van der Waals surface area contributed by atoms with Crippen molar-refractivity contribution in [1.29, 1.82) is 0 Å². The van der Waals surface area contributed by atoms with Gasteiger partial charge in [-0.1, -0.05) is 26.0 Å². The standard InChI is InChI=1S/C16H28N2/c1-12(2)16(18-8-3-4-9-18)11-17-15-10-13-6-5-7-14(13)15/h5,7,12-17H,3-4,6,8-11H2,1-2H3. The van der Waals surface area contributed by atoms with E-state index in [1.54, 1.807) is 0 Å². The average Bonchev–Trinajstić information content (AvgIpc) is 2.93. The summed E-state index contributed by atoms with van der Waals surface area (Å²) in [6.45, 7) is 8.59. The second-order valence-corrected chi connectivity index (χ2v) is 6.81. The molecule has 2 aliphatic carbocycles. The number of nitrogens with one attached hydrogen (secondary N) is 1. The lowest BCUT2D eigenvalue weighted by molar-refractivity contribution is 0.130. The number of fused-ring (bicyclic) bond motifs is 1. The quantitative estimate of drug-likeness (QED) is 0.753. The summed E-state index contributed by atoms with van der Waals surface area (Å²) in [5, 5.41) is 3.86. The van der Waals surface area contributed by atoms with Crippen molar-refractivity contribution in [2.45, 2.75) is 51.6 Å². The number of hydrogen-bond donors (Lipinski definition) is 1. The molecule has 0 amide bonds. The number of rotatable bonds is 5. The summed E-state index contributed by atoms with van der Waals surface area (Å²) in [6.07, 6.45) is 10.4. The normalized spacial score (nSPS) is 36.9. The fourth-order valence-electron chi connectivity index (χ4n) is 4.08. The van der Waals surface area contributed by atoms with Crippen molar-refractivity contribution in [3.8, 4) is 0 Å². The third-order valence-electron chi connectivity index (χ3n) is 5.33. The van der Waals surface area contributed by atoms with Crippen LogP contribution in [0.5, 0.6) is 0 Å². The summed E-state index contributed by atoms with van der Waals surface area (Å²) in [7, 11) is 0. The largest absolute Gasteiger partial charge is 0.312 e. The van der Waals surface area contributed by atoms with Gasteiger partial charge in [-0.05, 0) is 56.5 Å². The van der Waals surface area contributed by atoms with Crippen LogP contribution in [0.1, 0.15) is 39.5 Å². The van der Waals surface area contributed by atoms with E-state index in [0.29, 0.717) is 0 Å². The molecule has 3 aliphatic rings. The zero-order valence-electron chi connectivity index (χ0n) is 11.9. The van der Waals surface area contributed by atoms with Gasteiger partial charge < -0.3 is 5.32 Å². The van der Waals surface area contributed by atoms with E-state index in [1.165, 1.54) is 45.3 Å². The monoisotopic (exact) mass is 248 g/mol.